The summed E-state index contributed by atoms with van der Waals surface area (Å²) in [6, 6.07) is 0. The molecule has 0 bridgehead atoms. The van der Waals surface area contributed by atoms with Crippen LogP contribution >= 0.6 is 11.3 Å². The molecule has 4 heteroatoms. The van der Waals surface area contributed by atoms with Gasteiger partial charge in [-0.05, 0) is 0 Å². The second-order valence-electron chi connectivity index (χ2n) is 1.27. The first-order chi connectivity index (χ1) is 3.93. The maximum absolute atomic E-state index is 4.79. The van der Waals surface area contributed by atoms with E-state index in [1.807, 2.05) is 0 Å². The van der Waals surface area contributed by atoms with Crippen molar-refractivity contribution >= 4 is 11.3 Å². The minimum absolute atomic E-state index is 0.574. The molecule has 0 amide bonds. The Hall–Kier alpha value is -0.480. The third kappa shape index (κ3) is 1.24. The molecule has 0 aliphatic carbocycles. The highest BCUT2D eigenvalue weighted by molar-refractivity contribution is 7.09. The summed E-state index contributed by atoms with van der Waals surface area (Å²) in [5.41, 5.74) is 1.69. The topological polar surface area (TPSA) is 35.0 Å². The summed E-state index contributed by atoms with van der Waals surface area (Å²) in [6.07, 6.45) is 0. The van der Waals surface area contributed by atoms with Crippen LogP contribution in [0.1, 0.15) is 5.01 Å². The van der Waals surface area contributed by atoms with Crippen molar-refractivity contribution in [2.45, 2.75) is 6.61 Å². The van der Waals surface area contributed by atoms with Crippen molar-refractivity contribution < 1.29 is 4.74 Å². The van der Waals surface area contributed by atoms with Crippen LogP contribution < -0.4 is 0 Å². The van der Waals surface area contributed by atoms with Gasteiger partial charge in [0.05, 0.1) is 6.61 Å². The first-order valence-electron chi connectivity index (χ1n) is 2.17. The molecule has 0 aliphatic heterocycles. The molecular weight excluding hydrogens is 124 g/mol. The largest absolute Gasteiger partial charge is 0.377 e. The molecule has 8 heavy (non-hydrogen) atoms. The molecular formula is C4H6N2OS. The molecule has 0 spiro atoms. The van der Waals surface area contributed by atoms with Gasteiger partial charge in [-0.1, -0.05) is 0 Å². The number of aromatic nitrogens is 2. The lowest BCUT2D eigenvalue weighted by Gasteiger charge is -1.86. The average Bonchev–Trinajstić information content (AvgIpc) is 2.19. The van der Waals surface area contributed by atoms with Crippen molar-refractivity contribution in [3.8, 4) is 0 Å². The summed E-state index contributed by atoms with van der Waals surface area (Å²) in [6.45, 7) is 0.574. The zero-order chi connectivity index (χ0) is 5.82. The second kappa shape index (κ2) is 2.74. The Labute approximate surface area is 51.3 Å². The monoisotopic (exact) mass is 130 g/mol. The average molecular weight is 130 g/mol. The Morgan fingerprint density at radius 2 is 2.75 bits per heavy atom. The van der Waals surface area contributed by atoms with Crippen LogP contribution in [0.15, 0.2) is 5.51 Å². The second-order valence-corrected chi connectivity index (χ2v) is 2.18. The number of ether oxygens (including phenoxy) is 1. The Kier molecular flexibility index (Phi) is 1.93. The van der Waals surface area contributed by atoms with Gasteiger partial charge in [-0.2, -0.15) is 0 Å². The Balaban J connectivity index is 2.50. The lowest BCUT2D eigenvalue weighted by atomic mass is 10.8. The first kappa shape index (κ1) is 5.65. The predicted molar refractivity (Wildman–Crippen MR) is 30.6 cm³/mol. The molecule has 0 atom stereocenters. The van der Waals surface area contributed by atoms with E-state index in [1.165, 1.54) is 11.3 Å². The van der Waals surface area contributed by atoms with Crippen LogP contribution in [0.2, 0.25) is 0 Å². The van der Waals surface area contributed by atoms with Crippen LogP contribution in [0, 0.1) is 0 Å². The van der Waals surface area contributed by atoms with Crippen LogP contribution in [0.4, 0.5) is 0 Å². The molecule has 44 valence electrons. The van der Waals surface area contributed by atoms with E-state index in [0.29, 0.717) is 6.61 Å². The van der Waals surface area contributed by atoms with Crippen LogP contribution in [-0.4, -0.2) is 17.3 Å². The normalized spacial score (nSPS) is 9.62. The SMILES string of the molecule is COCc1nncs1. The lowest BCUT2D eigenvalue weighted by Crippen LogP contribution is -1.84. The standard InChI is InChI=1S/C4H6N2OS/c1-7-2-4-6-5-3-8-4/h3H,2H2,1H3. The highest BCUT2D eigenvalue weighted by Gasteiger charge is 1.90. The third-order valence-corrected chi connectivity index (χ3v) is 1.34. The zero-order valence-corrected chi connectivity index (χ0v) is 5.31. The van der Waals surface area contributed by atoms with Crippen LogP contribution in [-0.2, 0) is 11.3 Å². The van der Waals surface area contributed by atoms with Gasteiger partial charge >= 0.3 is 0 Å². The predicted octanol–water partition coefficient (Wildman–Crippen LogP) is 0.685. The van der Waals surface area contributed by atoms with Crippen molar-refractivity contribution in [1.82, 2.24) is 10.2 Å². The fourth-order valence-corrected chi connectivity index (χ4v) is 0.878. The van der Waals surface area contributed by atoms with E-state index in [0.717, 1.165) is 5.01 Å². The van der Waals surface area contributed by atoms with Gasteiger partial charge in [0.1, 0.15) is 10.5 Å². The van der Waals surface area contributed by atoms with Gasteiger partial charge in [0.25, 0.3) is 0 Å². The maximum atomic E-state index is 4.79. The van der Waals surface area contributed by atoms with E-state index in [-0.39, 0.29) is 0 Å². The molecule has 0 radical (unpaired) electrons. The van der Waals surface area contributed by atoms with E-state index >= 15 is 0 Å². The van der Waals surface area contributed by atoms with Crippen LogP contribution in [0.5, 0.6) is 0 Å². The third-order valence-electron chi connectivity index (χ3n) is 0.673. The van der Waals surface area contributed by atoms with Gasteiger partial charge in [-0.25, -0.2) is 0 Å². The fraction of sp³-hybridized carbons (Fsp3) is 0.500. The van der Waals surface area contributed by atoms with Crippen LogP contribution in [0.3, 0.4) is 0 Å². The number of hydrogen-bond donors (Lipinski definition) is 0. The summed E-state index contributed by atoms with van der Waals surface area (Å²) < 4.78 is 4.79. The van der Waals surface area contributed by atoms with Gasteiger partial charge in [-0.15, -0.1) is 21.5 Å². The van der Waals surface area contributed by atoms with Crippen molar-refractivity contribution in [2.75, 3.05) is 7.11 Å². The van der Waals surface area contributed by atoms with Crippen molar-refractivity contribution in [2.24, 2.45) is 0 Å². The molecule has 0 aliphatic rings. The highest BCUT2D eigenvalue weighted by atomic mass is 32.1. The van der Waals surface area contributed by atoms with E-state index in [9.17, 15) is 0 Å². The minimum Gasteiger partial charge on any atom is -0.377 e. The van der Waals surface area contributed by atoms with E-state index in [4.69, 9.17) is 4.74 Å². The van der Waals surface area contributed by atoms with Crippen LogP contribution in [0.25, 0.3) is 0 Å². The molecule has 0 saturated carbocycles. The van der Waals surface area contributed by atoms with E-state index < -0.39 is 0 Å². The Bertz CT molecular complexity index is 140. The van der Waals surface area contributed by atoms with E-state index in [1.54, 1.807) is 12.6 Å². The zero-order valence-electron chi connectivity index (χ0n) is 4.50. The van der Waals surface area contributed by atoms with Crippen molar-refractivity contribution in [1.29, 1.82) is 0 Å². The summed E-state index contributed by atoms with van der Waals surface area (Å²) in [5.74, 6) is 0. The highest BCUT2D eigenvalue weighted by Crippen LogP contribution is 2.00. The van der Waals surface area contributed by atoms with Crippen molar-refractivity contribution in [3.63, 3.8) is 0 Å². The number of nitrogens with zero attached hydrogens (tertiary/aromatic N) is 2. The van der Waals surface area contributed by atoms with Gasteiger partial charge in [0, 0.05) is 7.11 Å². The molecule has 1 aromatic heterocycles. The molecule has 1 heterocycles. The molecule has 0 unspecified atom stereocenters. The fourth-order valence-electron chi connectivity index (χ4n) is 0.382. The first-order valence-corrected chi connectivity index (χ1v) is 3.05. The maximum Gasteiger partial charge on any atom is 0.143 e. The van der Waals surface area contributed by atoms with E-state index in [2.05, 4.69) is 10.2 Å². The summed E-state index contributed by atoms with van der Waals surface area (Å²) in [7, 11) is 1.64. The Morgan fingerprint density at radius 1 is 1.88 bits per heavy atom. The molecule has 0 N–H and O–H groups in total. The van der Waals surface area contributed by atoms with Gasteiger partial charge in [-0.3, -0.25) is 0 Å². The number of hydrogen-bond acceptors (Lipinski definition) is 4. The number of rotatable bonds is 2. The number of methoxy groups -OCH3 is 1. The summed E-state index contributed by atoms with van der Waals surface area (Å²) in [4.78, 5) is 0. The molecule has 1 rings (SSSR count). The van der Waals surface area contributed by atoms with Gasteiger partial charge in [0.15, 0.2) is 0 Å². The quantitative estimate of drug-likeness (QED) is 0.590. The Morgan fingerprint density at radius 3 is 3.25 bits per heavy atom. The molecule has 0 fully saturated rings. The van der Waals surface area contributed by atoms with Gasteiger partial charge in [0.2, 0.25) is 0 Å². The molecule has 0 aromatic carbocycles. The molecule has 1 aromatic rings. The minimum atomic E-state index is 0.574. The van der Waals surface area contributed by atoms with Crippen molar-refractivity contribution in [3.05, 3.63) is 10.5 Å². The summed E-state index contributed by atoms with van der Waals surface area (Å²) >= 11 is 1.50. The molecule has 3 nitrogen and oxygen atoms in total. The molecule has 0 saturated heterocycles. The summed E-state index contributed by atoms with van der Waals surface area (Å²) in [5, 5.41) is 8.30. The smallest absolute Gasteiger partial charge is 0.143 e. The lowest BCUT2D eigenvalue weighted by molar-refractivity contribution is 0.184. The van der Waals surface area contributed by atoms with Gasteiger partial charge < -0.3 is 4.74 Å².